The molecule has 0 aromatic carbocycles. The number of carbonyl (C=O) groups excluding carboxylic acids is 2. The van der Waals surface area contributed by atoms with Crippen molar-refractivity contribution in [3.8, 4) is 0 Å². The number of rotatable bonds is 16. The van der Waals surface area contributed by atoms with Gasteiger partial charge in [-0.15, -0.1) is 0 Å². The van der Waals surface area contributed by atoms with Crippen molar-refractivity contribution in [2.24, 2.45) is 35.5 Å². The van der Waals surface area contributed by atoms with Crippen LogP contribution in [-0.2, 0) is 19.1 Å². The minimum absolute atomic E-state index is 0.222. The van der Waals surface area contributed by atoms with Crippen LogP contribution in [0.25, 0.3) is 0 Å². The zero-order chi connectivity index (χ0) is 26.7. The maximum Gasteiger partial charge on any atom is 0.417 e. The summed E-state index contributed by atoms with van der Waals surface area (Å²) >= 11 is 0. The maximum atomic E-state index is 12.1. The van der Waals surface area contributed by atoms with Gasteiger partial charge in [0.25, 0.3) is 0 Å². The Morgan fingerprint density at radius 1 is 0.588 bits per heavy atom. The van der Waals surface area contributed by atoms with Crippen LogP contribution in [0.1, 0.15) is 68.2 Å². The molecule has 0 N–H and O–H groups in total. The number of hydrogen-bond acceptors (Lipinski definition) is 4. The predicted octanol–water partition coefficient (Wildman–Crippen LogP) is 4.86. The minimum atomic E-state index is -0.882. The van der Waals surface area contributed by atoms with Crippen molar-refractivity contribution < 1.29 is 28.0 Å². The zero-order valence-corrected chi connectivity index (χ0v) is 24.6. The predicted molar refractivity (Wildman–Crippen MR) is 141 cm³/mol. The molecule has 0 aliphatic rings. The first-order valence-electron chi connectivity index (χ1n) is 13.4. The van der Waals surface area contributed by atoms with E-state index in [1.807, 2.05) is 0 Å². The van der Waals surface area contributed by atoms with Gasteiger partial charge in [-0.3, -0.25) is 0 Å². The molecule has 6 nitrogen and oxygen atoms in total. The summed E-state index contributed by atoms with van der Waals surface area (Å²) in [4.78, 5) is 24.3. The van der Waals surface area contributed by atoms with Crippen molar-refractivity contribution in [2.75, 3.05) is 67.6 Å². The highest BCUT2D eigenvalue weighted by molar-refractivity contribution is 6.29. The second-order valence-corrected chi connectivity index (χ2v) is 13.2. The summed E-state index contributed by atoms with van der Waals surface area (Å²) in [5.41, 5.74) is 0. The summed E-state index contributed by atoms with van der Waals surface area (Å²) in [7, 11) is 8.63. The Hall–Kier alpha value is -1.14. The molecular weight excluding hydrogens is 428 g/mol. The zero-order valence-electron chi connectivity index (χ0n) is 24.6. The van der Waals surface area contributed by atoms with E-state index in [1.165, 1.54) is 12.8 Å². The molecule has 0 aromatic rings. The summed E-state index contributed by atoms with van der Waals surface area (Å²) in [5.74, 6) is 2.02. The van der Waals surface area contributed by atoms with Gasteiger partial charge >= 0.3 is 11.9 Å². The molecular formula is C28H58N2O4+2. The molecule has 6 heteroatoms. The average molecular weight is 487 g/mol. The molecule has 0 spiro atoms. The molecule has 0 fully saturated rings. The molecule has 34 heavy (non-hydrogen) atoms. The molecule has 0 saturated carbocycles. The lowest BCUT2D eigenvalue weighted by atomic mass is 9.87. The van der Waals surface area contributed by atoms with Crippen LogP contribution >= 0.6 is 0 Å². The van der Waals surface area contributed by atoms with Crippen LogP contribution in [0.3, 0.4) is 0 Å². The number of quaternary nitrogens is 2. The first-order valence-corrected chi connectivity index (χ1v) is 13.4. The summed E-state index contributed by atoms with van der Waals surface area (Å²) in [6.45, 7) is 22.0. The van der Waals surface area contributed by atoms with E-state index in [9.17, 15) is 9.59 Å². The van der Waals surface area contributed by atoms with E-state index >= 15 is 0 Å². The Labute approximate surface area is 211 Å². The molecule has 0 radical (unpaired) electrons. The molecule has 0 aliphatic heterocycles. The van der Waals surface area contributed by atoms with Crippen LogP contribution in [0, 0.1) is 35.5 Å². The van der Waals surface area contributed by atoms with Crippen molar-refractivity contribution in [1.82, 2.24) is 0 Å². The Kier molecular flexibility index (Phi) is 14.6. The van der Waals surface area contributed by atoms with Gasteiger partial charge in [-0.05, 0) is 36.5 Å². The van der Waals surface area contributed by atoms with E-state index in [1.54, 1.807) is 0 Å². The lowest BCUT2D eigenvalue weighted by Crippen LogP contribution is -2.47. The second-order valence-electron chi connectivity index (χ2n) is 13.2. The molecule has 0 aliphatic carbocycles. The highest BCUT2D eigenvalue weighted by Gasteiger charge is 2.28. The van der Waals surface area contributed by atoms with Gasteiger partial charge < -0.3 is 18.4 Å². The van der Waals surface area contributed by atoms with Crippen LogP contribution in [-0.4, -0.2) is 88.5 Å². The third-order valence-corrected chi connectivity index (χ3v) is 6.92. The summed E-state index contributed by atoms with van der Waals surface area (Å²) in [6.07, 6.45) is 2.38. The van der Waals surface area contributed by atoms with E-state index in [0.29, 0.717) is 48.6 Å². The molecule has 0 amide bonds. The number of carbonyl (C=O) groups is 2. The Morgan fingerprint density at radius 3 is 1.12 bits per heavy atom. The molecule has 2 unspecified atom stereocenters. The Bertz CT molecular complexity index is 545. The lowest BCUT2D eigenvalue weighted by molar-refractivity contribution is -0.894. The van der Waals surface area contributed by atoms with Gasteiger partial charge in [-0.2, -0.15) is 0 Å². The molecule has 0 saturated heterocycles. The standard InChI is InChI=1S/C28H58N2O4/c1-21(2)17-25(23(5)6)19-29(9,10)13-15-33-27(31)28(32)34-16-14-30(11,12)20-26(24(7)8)18-22(3)4/h21-26H,13-20H2,1-12H3/q+2. The Balaban J connectivity index is 4.49. The highest BCUT2D eigenvalue weighted by Crippen LogP contribution is 2.24. The molecule has 2 atom stereocenters. The molecule has 0 heterocycles. The van der Waals surface area contributed by atoms with Crippen molar-refractivity contribution in [2.45, 2.75) is 68.2 Å². The smallest absolute Gasteiger partial charge is 0.417 e. The van der Waals surface area contributed by atoms with Crippen molar-refractivity contribution >= 4 is 11.9 Å². The normalized spacial score (nSPS) is 14.7. The number of likely N-dealkylation sites (N-methyl/N-ethyl adjacent to an activating group) is 2. The van der Waals surface area contributed by atoms with Gasteiger partial charge in [-0.1, -0.05) is 55.4 Å². The number of ether oxygens (including phenoxy) is 2. The highest BCUT2D eigenvalue weighted by atomic mass is 16.6. The van der Waals surface area contributed by atoms with Gasteiger partial charge in [-0.25, -0.2) is 9.59 Å². The number of hydrogen-bond donors (Lipinski definition) is 0. The fourth-order valence-corrected chi connectivity index (χ4v) is 4.67. The minimum Gasteiger partial charge on any atom is -0.451 e. The topological polar surface area (TPSA) is 52.6 Å². The van der Waals surface area contributed by atoms with Gasteiger partial charge in [0.2, 0.25) is 0 Å². The van der Waals surface area contributed by atoms with Crippen molar-refractivity contribution in [3.05, 3.63) is 0 Å². The number of nitrogens with zero attached hydrogens (tertiary/aromatic N) is 2. The van der Waals surface area contributed by atoms with Gasteiger partial charge in [0.15, 0.2) is 0 Å². The van der Waals surface area contributed by atoms with Crippen LogP contribution in [0.2, 0.25) is 0 Å². The average Bonchev–Trinajstić information content (AvgIpc) is 2.65. The lowest BCUT2D eigenvalue weighted by Gasteiger charge is -2.35. The molecule has 0 rings (SSSR count). The van der Waals surface area contributed by atoms with Gasteiger partial charge in [0.1, 0.15) is 26.3 Å². The van der Waals surface area contributed by atoms with Gasteiger partial charge in [0.05, 0.1) is 41.3 Å². The summed E-state index contributed by atoms with van der Waals surface area (Å²) < 4.78 is 12.0. The molecule has 202 valence electrons. The third kappa shape index (κ3) is 15.0. The fourth-order valence-electron chi connectivity index (χ4n) is 4.67. The van der Waals surface area contributed by atoms with E-state index in [2.05, 4.69) is 83.6 Å². The second kappa shape index (κ2) is 15.1. The largest absolute Gasteiger partial charge is 0.451 e. The van der Waals surface area contributed by atoms with E-state index in [4.69, 9.17) is 9.47 Å². The third-order valence-electron chi connectivity index (χ3n) is 6.92. The van der Waals surface area contributed by atoms with Crippen LogP contribution in [0.15, 0.2) is 0 Å². The monoisotopic (exact) mass is 486 g/mol. The quantitative estimate of drug-likeness (QED) is 0.178. The first-order chi connectivity index (χ1) is 15.5. The molecule has 0 bridgehead atoms. The fraction of sp³-hybridized carbons (Fsp3) is 0.929. The first kappa shape index (κ1) is 32.9. The van der Waals surface area contributed by atoms with Crippen LogP contribution in [0.5, 0.6) is 0 Å². The SMILES string of the molecule is CC(C)CC(C[N+](C)(C)CCOC(=O)C(=O)OCC[N+](C)(C)CC(CC(C)C)C(C)C)C(C)C. The summed E-state index contributed by atoms with van der Waals surface area (Å²) in [5, 5.41) is 0. The van der Waals surface area contributed by atoms with Crippen molar-refractivity contribution in [3.63, 3.8) is 0 Å². The van der Waals surface area contributed by atoms with Crippen molar-refractivity contribution in [1.29, 1.82) is 0 Å². The Morgan fingerprint density at radius 2 is 0.882 bits per heavy atom. The summed E-state index contributed by atoms with van der Waals surface area (Å²) in [6, 6.07) is 0. The van der Waals surface area contributed by atoms with Gasteiger partial charge in [0, 0.05) is 11.8 Å². The van der Waals surface area contributed by atoms with E-state index < -0.39 is 11.9 Å². The van der Waals surface area contributed by atoms with E-state index in [-0.39, 0.29) is 13.2 Å². The van der Waals surface area contributed by atoms with Crippen LogP contribution in [0.4, 0.5) is 0 Å². The van der Waals surface area contributed by atoms with E-state index in [0.717, 1.165) is 22.1 Å². The molecule has 0 aromatic heterocycles. The maximum absolute atomic E-state index is 12.1. The number of esters is 2. The van der Waals surface area contributed by atoms with Crippen LogP contribution < -0.4 is 0 Å².